The molecule has 0 saturated carbocycles. The minimum Gasteiger partial charge on any atom is -0.387 e. The summed E-state index contributed by atoms with van der Waals surface area (Å²) in [6.07, 6.45) is 4.57. The Morgan fingerprint density at radius 3 is 2.32 bits per heavy atom. The van der Waals surface area contributed by atoms with Gasteiger partial charge in [-0.3, -0.25) is 0 Å². The fourth-order valence-electron chi connectivity index (χ4n) is 2.41. The average molecular weight is 259 g/mol. The third kappa shape index (κ3) is 6.47. The monoisotopic (exact) mass is 259 g/mol. The van der Waals surface area contributed by atoms with Crippen molar-refractivity contribution in [2.75, 3.05) is 0 Å². The molecule has 0 saturated heterocycles. The van der Waals surface area contributed by atoms with E-state index in [0.717, 1.165) is 24.5 Å². The third-order valence-corrected chi connectivity index (χ3v) is 3.16. The SMILES string of the molecule is C=C(CCCc1ccccc1CC(C)C)NC(C)C. The van der Waals surface area contributed by atoms with E-state index in [2.05, 4.69) is 63.9 Å². The van der Waals surface area contributed by atoms with Crippen LogP contribution in [0.3, 0.4) is 0 Å². The number of aryl methyl sites for hydroxylation is 1. The van der Waals surface area contributed by atoms with Crippen molar-refractivity contribution in [3.63, 3.8) is 0 Å². The van der Waals surface area contributed by atoms with Crippen LogP contribution in [-0.4, -0.2) is 6.04 Å². The van der Waals surface area contributed by atoms with Gasteiger partial charge in [0.2, 0.25) is 0 Å². The first-order chi connectivity index (χ1) is 8.99. The van der Waals surface area contributed by atoms with Crippen molar-refractivity contribution in [3.05, 3.63) is 47.7 Å². The molecule has 0 aliphatic heterocycles. The van der Waals surface area contributed by atoms with Gasteiger partial charge in [0.1, 0.15) is 0 Å². The maximum Gasteiger partial charge on any atom is 0.0201 e. The van der Waals surface area contributed by atoms with Gasteiger partial charge in [-0.05, 0) is 56.6 Å². The number of hydrogen-bond acceptors (Lipinski definition) is 1. The molecular formula is C18H29N. The largest absolute Gasteiger partial charge is 0.387 e. The molecule has 1 aromatic rings. The highest BCUT2D eigenvalue weighted by atomic mass is 14.9. The summed E-state index contributed by atoms with van der Waals surface area (Å²) in [7, 11) is 0. The summed E-state index contributed by atoms with van der Waals surface area (Å²) in [4.78, 5) is 0. The van der Waals surface area contributed by atoms with E-state index < -0.39 is 0 Å². The molecule has 0 heterocycles. The molecule has 0 radical (unpaired) electrons. The van der Waals surface area contributed by atoms with Gasteiger partial charge >= 0.3 is 0 Å². The van der Waals surface area contributed by atoms with Gasteiger partial charge in [0, 0.05) is 11.7 Å². The number of benzene rings is 1. The van der Waals surface area contributed by atoms with Gasteiger partial charge in [-0.25, -0.2) is 0 Å². The summed E-state index contributed by atoms with van der Waals surface area (Å²) in [5.41, 5.74) is 4.19. The van der Waals surface area contributed by atoms with Gasteiger partial charge in [-0.2, -0.15) is 0 Å². The van der Waals surface area contributed by atoms with Crippen molar-refractivity contribution in [1.82, 2.24) is 5.32 Å². The molecule has 0 bridgehead atoms. The molecule has 0 fully saturated rings. The van der Waals surface area contributed by atoms with Crippen LogP contribution in [0, 0.1) is 5.92 Å². The maximum absolute atomic E-state index is 4.09. The van der Waals surface area contributed by atoms with E-state index in [4.69, 9.17) is 0 Å². The zero-order chi connectivity index (χ0) is 14.3. The smallest absolute Gasteiger partial charge is 0.0201 e. The lowest BCUT2D eigenvalue weighted by atomic mass is 9.95. The molecular weight excluding hydrogens is 230 g/mol. The van der Waals surface area contributed by atoms with E-state index in [1.807, 2.05) is 0 Å². The van der Waals surface area contributed by atoms with Crippen molar-refractivity contribution in [2.24, 2.45) is 5.92 Å². The number of allylic oxidation sites excluding steroid dienone is 1. The van der Waals surface area contributed by atoms with Crippen LogP contribution >= 0.6 is 0 Å². The van der Waals surface area contributed by atoms with Crippen molar-refractivity contribution < 1.29 is 0 Å². The lowest BCUT2D eigenvalue weighted by Gasteiger charge is -2.14. The summed E-state index contributed by atoms with van der Waals surface area (Å²) < 4.78 is 0. The van der Waals surface area contributed by atoms with E-state index in [-0.39, 0.29) is 0 Å². The molecule has 0 aromatic heterocycles. The zero-order valence-corrected chi connectivity index (χ0v) is 13.0. The summed E-state index contributed by atoms with van der Waals surface area (Å²) in [6.45, 7) is 13.0. The normalized spacial score (nSPS) is 11.1. The fraction of sp³-hybridized carbons (Fsp3) is 0.556. The molecule has 0 aliphatic carbocycles. The Balaban J connectivity index is 2.46. The highest BCUT2D eigenvalue weighted by Crippen LogP contribution is 2.17. The lowest BCUT2D eigenvalue weighted by Crippen LogP contribution is -2.21. The zero-order valence-electron chi connectivity index (χ0n) is 13.0. The third-order valence-electron chi connectivity index (χ3n) is 3.16. The van der Waals surface area contributed by atoms with Gasteiger partial charge in [-0.15, -0.1) is 0 Å². The van der Waals surface area contributed by atoms with Gasteiger partial charge in [-0.1, -0.05) is 44.7 Å². The second-order valence-corrected chi connectivity index (χ2v) is 6.12. The quantitative estimate of drug-likeness (QED) is 0.712. The second-order valence-electron chi connectivity index (χ2n) is 6.12. The Morgan fingerprint density at radius 2 is 1.74 bits per heavy atom. The van der Waals surface area contributed by atoms with Crippen LogP contribution in [0.15, 0.2) is 36.5 Å². The minimum absolute atomic E-state index is 0.487. The predicted octanol–water partition coefficient (Wildman–Crippen LogP) is 4.72. The summed E-state index contributed by atoms with van der Waals surface area (Å²) in [5, 5.41) is 3.38. The van der Waals surface area contributed by atoms with Gasteiger partial charge in [0.15, 0.2) is 0 Å². The molecule has 0 atom stereocenters. The molecule has 1 rings (SSSR count). The molecule has 1 nitrogen and oxygen atoms in total. The van der Waals surface area contributed by atoms with E-state index in [1.54, 1.807) is 0 Å². The van der Waals surface area contributed by atoms with Crippen LogP contribution in [0.5, 0.6) is 0 Å². The summed E-state index contributed by atoms with van der Waals surface area (Å²) in [5.74, 6) is 0.721. The molecule has 0 aliphatic rings. The van der Waals surface area contributed by atoms with Crippen molar-refractivity contribution in [3.8, 4) is 0 Å². The van der Waals surface area contributed by atoms with Gasteiger partial charge in [0.25, 0.3) is 0 Å². The van der Waals surface area contributed by atoms with Crippen molar-refractivity contribution in [2.45, 2.75) is 59.4 Å². The van der Waals surface area contributed by atoms with E-state index in [1.165, 1.54) is 24.0 Å². The standard InChI is InChI=1S/C18H29N/c1-14(2)13-18-11-7-6-10-17(18)12-8-9-16(5)19-15(3)4/h6-7,10-11,14-15,19H,5,8-9,12-13H2,1-4H3. The molecule has 1 N–H and O–H groups in total. The van der Waals surface area contributed by atoms with Crippen LogP contribution in [0.25, 0.3) is 0 Å². The topological polar surface area (TPSA) is 12.0 Å². The van der Waals surface area contributed by atoms with Crippen LogP contribution in [0.1, 0.15) is 51.7 Å². The van der Waals surface area contributed by atoms with E-state index >= 15 is 0 Å². The minimum atomic E-state index is 0.487. The number of rotatable bonds is 8. The van der Waals surface area contributed by atoms with Crippen LogP contribution in [-0.2, 0) is 12.8 Å². The number of hydrogen-bond donors (Lipinski definition) is 1. The molecule has 0 spiro atoms. The van der Waals surface area contributed by atoms with Crippen LogP contribution < -0.4 is 5.32 Å². The molecule has 1 heteroatoms. The second kappa shape index (κ2) is 8.04. The van der Waals surface area contributed by atoms with Crippen LogP contribution in [0.2, 0.25) is 0 Å². The first-order valence-corrected chi connectivity index (χ1v) is 7.50. The highest BCUT2D eigenvalue weighted by Gasteiger charge is 2.04. The maximum atomic E-state index is 4.09. The Labute approximate surface area is 119 Å². The van der Waals surface area contributed by atoms with E-state index in [0.29, 0.717) is 6.04 Å². The Hall–Kier alpha value is -1.24. The Morgan fingerprint density at radius 1 is 1.11 bits per heavy atom. The number of nitrogens with one attached hydrogen (secondary N) is 1. The predicted molar refractivity (Wildman–Crippen MR) is 85.3 cm³/mol. The van der Waals surface area contributed by atoms with Crippen molar-refractivity contribution in [1.29, 1.82) is 0 Å². The summed E-state index contributed by atoms with van der Waals surface area (Å²) in [6, 6.07) is 9.34. The molecule has 0 unspecified atom stereocenters. The van der Waals surface area contributed by atoms with Gasteiger partial charge in [0.05, 0.1) is 0 Å². The van der Waals surface area contributed by atoms with Crippen LogP contribution in [0.4, 0.5) is 0 Å². The molecule has 106 valence electrons. The highest BCUT2D eigenvalue weighted by molar-refractivity contribution is 5.27. The molecule has 1 aromatic carbocycles. The van der Waals surface area contributed by atoms with E-state index in [9.17, 15) is 0 Å². The summed E-state index contributed by atoms with van der Waals surface area (Å²) >= 11 is 0. The Kier molecular flexibility index (Phi) is 6.69. The fourth-order valence-corrected chi connectivity index (χ4v) is 2.41. The Bertz CT molecular complexity index is 390. The van der Waals surface area contributed by atoms with Gasteiger partial charge < -0.3 is 5.32 Å². The molecule has 19 heavy (non-hydrogen) atoms. The lowest BCUT2D eigenvalue weighted by molar-refractivity contribution is 0.623. The average Bonchev–Trinajstić information content (AvgIpc) is 2.29. The molecule has 0 amide bonds. The first kappa shape index (κ1) is 15.8. The first-order valence-electron chi connectivity index (χ1n) is 7.50. The van der Waals surface area contributed by atoms with Crippen molar-refractivity contribution >= 4 is 0 Å².